The van der Waals surface area contributed by atoms with Crippen LogP contribution >= 0.6 is 0 Å². The van der Waals surface area contributed by atoms with Crippen LogP contribution in [0.2, 0.25) is 0 Å². The lowest BCUT2D eigenvalue weighted by atomic mass is 9.73. The fourth-order valence-corrected chi connectivity index (χ4v) is 2.85. The van der Waals surface area contributed by atoms with Crippen LogP contribution < -0.4 is 5.32 Å². The Bertz CT molecular complexity index is 193. The van der Waals surface area contributed by atoms with Crippen LogP contribution in [0.3, 0.4) is 0 Å². The Morgan fingerprint density at radius 3 is 2.43 bits per heavy atom. The molecule has 0 aromatic rings. The van der Waals surface area contributed by atoms with Crippen LogP contribution in [0.25, 0.3) is 0 Å². The molecule has 1 N–H and O–H groups in total. The highest BCUT2D eigenvalue weighted by molar-refractivity contribution is 4.92. The highest BCUT2D eigenvalue weighted by atomic mass is 15.0. The van der Waals surface area contributed by atoms with Crippen molar-refractivity contribution in [2.45, 2.75) is 71.4 Å². The minimum Gasteiger partial charge on any atom is -0.311 e. The molecule has 0 radical (unpaired) electrons. The van der Waals surface area contributed by atoms with Crippen molar-refractivity contribution in [1.82, 2.24) is 5.32 Å². The molecule has 0 heterocycles. The lowest BCUT2D eigenvalue weighted by molar-refractivity contribution is 0.154. The van der Waals surface area contributed by atoms with Gasteiger partial charge < -0.3 is 5.32 Å². The van der Waals surface area contributed by atoms with Gasteiger partial charge in [0.15, 0.2) is 0 Å². The Kier molecular flexibility index (Phi) is 2.88. The number of hydrogen-bond donors (Lipinski definition) is 1. The fourth-order valence-electron chi connectivity index (χ4n) is 2.85. The molecule has 0 bridgehead atoms. The monoisotopic (exact) mass is 195 g/mol. The second kappa shape index (κ2) is 3.84. The van der Waals surface area contributed by atoms with Gasteiger partial charge >= 0.3 is 0 Å². The van der Waals surface area contributed by atoms with E-state index in [1.165, 1.54) is 38.5 Å². The summed E-state index contributed by atoms with van der Waals surface area (Å²) in [6, 6.07) is 1.53. The van der Waals surface area contributed by atoms with Gasteiger partial charge in [0.2, 0.25) is 0 Å². The Hall–Kier alpha value is -0.0400. The van der Waals surface area contributed by atoms with Crippen molar-refractivity contribution in [2.75, 3.05) is 0 Å². The molecule has 82 valence electrons. The summed E-state index contributed by atoms with van der Waals surface area (Å²) >= 11 is 0. The molecule has 2 rings (SSSR count). The Morgan fingerprint density at radius 1 is 1.14 bits per heavy atom. The van der Waals surface area contributed by atoms with Crippen molar-refractivity contribution >= 4 is 0 Å². The highest BCUT2D eigenvalue weighted by Gasteiger charge is 2.36. The molecule has 14 heavy (non-hydrogen) atoms. The smallest absolute Gasteiger partial charge is 0.0121 e. The van der Waals surface area contributed by atoms with Crippen molar-refractivity contribution < 1.29 is 0 Å². The fraction of sp³-hybridized carbons (Fsp3) is 1.00. The number of rotatable bonds is 3. The van der Waals surface area contributed by atoms with Crippen LogP contribution in [0, 0.1) is 11.3 Å². The van der Waals surface area contributed by atoms with Gasteiger partial charge in [-0.2, -0.15) is 0 Å². The van der Waals surface area contributed by atoms with Crippen molar-refractivity contribution in [2.24, 2.45) is 11.3 Å². The van der Waals surface area contributed by atoms with Crippen LogP contribution in [0.5, 0.6) is 0 Å². The van der Waals surface area contributed by atoms with Crippen molar-refractivity contribution in [3.8, 4) is 0 Å². The van der Waals surface area contributed by atoms with E-state index in [9.17, 15) is 0 Å². The Morgan fingerprint density at radius 2 is 1.86 bits per heavy atom. The van der Waals surface area contributed by atoms with Gasteiger partial charge in [0, 0.05) is 12.1 Å². The molecular weight excluding hydrogens is 170 g/mol. The van der Waals surface area contributed by atoms with E-state index in [0.717, 1.165) is 18.0 Å². The minimum atomic E-state index is 0.529. The molecule has 2 unspecified atom stereocenters. The standard InChI is InChI=1S/C13H25N/c1-10(11-7-8-11)14-12-6-4-5-9-13(12,2)3/h10-12,14H,4-9H2,1-3H3. The normalized spacial score (nSPS) is 34.1. The van der Waals surface area contributed by atoms with Crippen LogP contribution in [-0.4, -0.2) is 12.1 Å². The number of hydrogen-bond acceptors (Lipinski definition) is 1. The quantitative estimate of drug-likeness (QED) is 0.728. The summed E-state index contributed by atoms with van der Waals surface area (Å²) in [5.74, 6) is 0.993. The third kappa shape index (κ3) is 2.31. The van der Waals surface area contributed by atoms with E-state index in [0.29, 0.717) is 5.41 Å². The van der Waals surface area contributed by atoms with Gasteiger partial charge in [0.1, 0.15) is 0 Å². The largest absolute Gasteiger partial charge is 0.311 e. The SMILES string of the molecule is CC(NC1CCCCC1(C)C)C1CC1. The lowest BCUT2D eigenvalue weighted by Crippen LogP contribution is -2.48. The molecule has 1 nitrogen and oxygen atoms in total. The zero-order chi connectivity index (χ0) is 10.2. The lowest BCUT2D eigenvalue weighted by Gasteiger charge is -2.41. The first-order chi connectivity index (χ1) is 6.59. The van der Waals surface area contributed by atoms with Gasteiger partial charge in [-0.3, -0.25) is 0 Å². The molecular formula is C13H25N. The zero-order valence-corrected chi connectivity index (χ0v) is 9.97. The third-order valence-electron chi connectivity index (χ3n) is 4.30. The van der Waals surface area contributed by atoms with Gasteiger partial charge in [0.05, 0.1) is 0 Å². The maximum Gasteiger partial charge on any atom is 0.0121 e. The maximum absolute atomic E-state index is 3.87. The zero-order valence-electron chi connectivity index (χ0n) is 9.97. The van der Waals surface area contributed by atoms with Crippen LogP contribution in [0.15, 0.2) is 0 Å². The summed E-state index contributed by atoms with van der Waals surface area (Å²) in [7, 11) is 0. The summed E-state index contributed by atoms with van der Waals surface area (Å²) < 4.78 is 0. The predicted octanol–water partition coefficient (Wildman–Crippen LogP) is 3.34. The molecule has 0 spiro atoms. The molecule has 1 heteroatoms. The molecule has 2 atom stereocenters. The topological polar surface area (TPSA) is 12.0 Å². The molecule has 2 aliphatic rings. The number of nitrogens with one attached hydrogen (secondary N) is 1. The van der Waals surface area contributed by atoms with Crippen molar-refractivity contribution in [3.63, 3.8) is 0 Å². The first-order valence-corrected chi connectivity index (χ1v) is 6.36. The van der Waals surface area contributed by atoms with Crippen LogP contribution in [0.1, 0.15) is 59.3 Å². The second-order valence-corrected chi connectivity index (χ2v) is 6.08. The van der Waals surface area contributed by atoms with E-state index in [1.807, 2.05) is 0 Å². The van der Waals surface area contributed by atoms with E-state index in [-0.39, 0.29) is 0 Å². The van der Waals surface area contributed by atoms with E-state index in [2.05, 4.69) is 26.1 Å². The van der Waals surface area contributed by atoms with Crippen molar-refractivity contribution in [3.05, 3.63) is 0 Å². The van der Waals surface area contributed by atoms with E-state index >= 15 is 0 Å². The molecule has 0 amide bonds. The first kappa shape index (κ1) is 10.5. The third-order valence-corrected chi connectivity index (χ3v) is 4.30. The minimum absolute atomic E-state index is 0.529. The maximum atomic E-state index is 3.87. The first-order valence-electron chi connectivity index (χ1n) is 6.36. The summed E-state index contributed by atoms with van der Waals surface area (Å²) in [5.41, 5.74) is 0.529. The predicted molar refractivity (Wildman–Crippen MR) is 61.4 cm³/mol. The molecule has 0 aromatic carbocycles. The van der Waals surface area contributed by atoms with E-state index in [1.54, 1.807) is 0 Å². The summed E-state index contributed by atoms with van der Waals surface area (Å²) in [6.45, 7) is 7.25. The van der Waals surface area contributed by atoms with E-state index in [4.69, 9.17) is 0 Å². The van der Waals surface area contributed by atoms with Crippen LogP contribution in [-0.2, 0) is 0 Å². The van der Waals surface area contributed by atoms with Gasteiger partial charge in [0.25, 0.3) is 0 Å². The summed E-state index contributed by atoms with van der Waals surface area (Å²) in [4.78, 5) is 0. The molecule has 2 saturated carbocycles. The van der Waals surface area contributed by atoms with Crippen LogP contribution in [0.4, 0.5) is 0 Å². The van der Waals surface area contributed by atoms with Gasteiger partial charge in [-0.05, 0) is 43.9 Å². The Labute approximate surface area is 88.7 Å². The molecule has 0 saturated heterocycles. The van der Waals surface area contributed by atoms with Gasteiger partial charge in [-0.15, -0.1) is 0 Å². The summed E-state index contributed by atoms with van der Waals surface area (Å²) in [5, 5.41) is 3.87. The molecule has 2 fully saturated rings. The average molecular weight is 195 g/mol. The molecule has 2 aliphatic carbocycles. The highest BCUT2D eigenvalue weighted by Crippen LogP contribution is 2.38. The summed E-state index contributed by atoms with van der Waals surface area (Å²) in [6.07, 6.45) is 8.58. The molecule has 0 aromatic heterocycles. The van der Waals surface area contributed by atoms with Gasteiger partial charge in [-0.25, -0.2) is 0 Å². The molecule has 0 aliphatic heterocycles. The van der Waals surface area contributed by atoms with Gasteiger partial charge in [-0.1, -0.05) is 26.7 Å². The van der Waals surface area contributed by atoms with Crippen molar-refractivity contribution in [1.29, 1.82) is 0 Å². The average Bonchev–Trinajstić information content (AvgIpc) is 2.91. The van der Waals surface area contributed by atoms with E-state index < -0.39 is 0 Å². The Balaban J connectivity index is 1.87. The second-order valence-electron chi connectivity index (χ2n) is 6.08.